The molecule has 1 aromatic rings. The normalized spacial score (nSPS) is 20.3. The molecule has 0 aliphatic carbocycles. The number of imide groups is 1. The van der Waals surface area contributed by atoms with Crippen LogP contribution in [0.4, 0.5) is 5.69 Å². The van der Waals surface area contributed by atoms with Crippen LogP contribution in [0.2, 0.25) is 0 Å². The molecule has 5 heteroatoms. The van der Waals surface area contributed by atoms with Gasteiger partial charge in [0.05, 0.1) is 12.1 Å². The van der Waals surface area contributed by atoms with Gasteiger partial charge in [-0.05, 0) is 12.1 Å². The van der Waals surface area contributed by atoms with Gasteiger partial charge in [-0.25, -0.2) is 4.90 Å². The van der Waals surface area contributed by atoms with Crippen molar-refractivity contribution in [3.63, 3.8) is 0 Å². The van der Waals surface area contributed by atoms with E-state index in [1.165, 1.54) is 12.1 Å². The molecule has 16 heavy (non-hydrogen) atoms. The lowest BCUT2D eigenvalue weighted by Gasteiger charge is -2.15. The Morgan fingerprint density at radius 3 is 2.56 bits per heavy atom. The summed E-state index contributed by atoms with van der Waals surface area (Å²) in [6, 6.07) is 6.26. The maximum Gasteiger partial charge on any atom is 0.263 e. The molecule has 1 aliphatic heterocycles. The van der Waals surface area contributed by atoms with E-state index in [1.807, 2.05) is 0 Å². The number of aldehydes is 1. The molecule has 5 nitrogen and oxygen atoms in total. The number of para-hydroxylation sites is 1. The maximum absolute atomic E-state index is 11.5. The topological polar surface area (TPSA) is 74.7 Å². The first-order chi connectivity index (χ1) is 7.65. The van der Waals surface area contributed by atoms with Gasteiger partial charge in [-0.2, -0.15) is 0 Å². The standard InChI is InChI=1S/C11H9NO4/c13-6-7-3-1-2-4-8(7)12-10(15)5-9(14)11(12)16/h1-4,6,9,14H,5H2. The highest BCUT2D eigenvalue weighted by Crippen LogP contribution is 2.25. The van der Waals surface area contributed by atoms with Crippen molar-refractivity contribution in [3.05, 3.63) is 29.8 Å². The lowest BCUT2D eigenvalue weighted by Crippen LogP contribution is -2.32. The summed E-state index contributed by atoms with van der Waals surface area (Å²) in [7, 11) is 0. The van der Waals surface area contributed by atoms with Gasteiger partial charge in [0, 0.05) is 5.56 Å². The SMILES string of the molecule is O=Cc1ccccc1N1C(=O)CC(O)C1=O. The molecular formula is C11H9NO4. The Morgan fingerprint density at radius 2 is 2.00 bits per heavy atom. The van der Waals surface area contributed by atoms with Gasteiger partial charge in [0.1, 0.15) is 6.10 Å². The number of aliphatic hydroxyl groups excluding tert-OH is 1. The molecular weight excluding hydrogens is 210 g/mol. The Morgan fingerprint density at radius 1 is 1.31 bits per heavy atom. The summed E-state index contributed by atoms with van der Waals surface area (Å²) in [5.74, 6) is -1.17. The van der Waals surface area contributed by atoms with Crippen LogP contribution in [0.25, 0.3) is 0 Å². The molecule has 1 aromatic carbocycles. The van der Waals surface area contributed by atoms with Gasteiger partial charge in [-0.1, -0.05) is 12.1 Å². The van der Waals surface area contributed by atoms with Crippen LogP contribution >= 0.6 is 0 Å². The molecule has 1 heterocycles. The third-order valence-corrected chi connectivity index (χ3v) is 2.43. The van der Waals surface area contributed by atoms with Crippen molar-refractivity contribution in [2.24, 2.45) is 0 Å². The number of hydrogen-bond donors (Lipinski definition) is 1. The predicted octanol–water partition coefficient (Wildman–Crippen LogP) is 0.123. The van der Waals surface area contributed by atoms with Crippen LogP contribution in [0.3, 0.4) is 0 Å². The molecule has 1 N–H and O–H groups in total. The van der Waals surface area contributed by atoms with E-state index in [2.05, 4.69) is 0 Å². The summed E-state index contributed by atoms with van der Waals surface area (Å²) in [6.07, 6.45) is -0.959. The molecule has 1 unspecified atom stereocenters. The van der Waals surface area contributed by atoms with Gasteiger partial charge < -0.3 is 5.11 Å². The predicted molar refractivity (Wildman–Crippen MR) is 54.9 cm³/mol. The minimum Gasteiger partial charge on any atom is -0.383 e. The Balaban J connectivity index is 2.48. The van der Waals surface area contributed by atoms with Crippen molar-refractivity contribution >= 4 is 23.8 Å². The number of rotatable bonds is 2. The molecule has 2 rings (SSSR count). The molecule has 1 fully saturated rings. The van der Waals surface area contributed by atoms with Crippen LogP contribution in [0, 0.1) is 0 Å². The van der Waals surface area contributed by atoms with Crippen molar-refractivity contribution in [1.82, 2.24) is 0 Å². The number of anilines is 1. The fraction of sp³-hybridized carbons (Fsp3) is 0.182. The minimum absolute atomic E-state index is 0.226. The molecule has 82 valence electrons. The quantitative estimate of drug-likeness (QED) is 0.566. The summed E-state index contributed by atoms with van der Waals surface area (Å²) in [6.45, 7) is 0. The molecule has 0 bridgehead atoms. The van der Waals surface area contributed by atoms with Crippen LogP contribution in [0.1, 0.15) is 16.8 Å². The largest absolute Gasteiger partial charge is 0.383 e. The van der Waals surface area contributed by atoms with Crippen LogP contribution < -0.4 is 4.90 Å². The van der Waals surface area contributed by atoms with Gasteiger partial charge in [-0.15, -0.1) is 0 Å². The molecule has 0 saturated carbocycles. The summed E-state index contributed by atoms with van der Waals surface area (Å²) in [5, 5.41) is 9.26. The van der Waals surface area contributed by atoms with Crippen molar-refractivity contribution in [1.29, 1.82) is 0 Å². The Labute approximate surface area is 91.3 Å². The minimum atomic E-state index is -1.30. The van der Waals surface area contributed by atoms with E-state index in [4.69, 9.17) is 0 Å². The number of carbonyl (C=O) groups excluding carboxylic acids is 3. The highest BCUT2D eigenvalue weighted by atomic mass is 16.3. The van der Waals surface area contributed by atoms with Crippen LogP contribution in [-0.4, -0.2) is 29.3 Å². The number of nitrogens with zero attached hydrogens (tertiary/aromatic N) is 1. The number of amides is 2. The second-order valence-corrected chi connectivity index (χ2v) is 3.46. The van der Waals surface area contributed by atoms with Crippen molar-refractivity contribution < 1.29 is 19.5 Å². The smallest absolute Gasteiger partial charge is 0.263 e. The highest BCUT2D eigenvalue weighted by Gasteiger charge is 2.39. The fourth-order valence-electron chi connectivity index (χ4n) is 1.66. The zero-order valence-corrected chi connectivity index (χ0v) is 8.29. The van der Waals surface area contributed by atoms with E-state index in [1.54, 1.807) is 12.1 Å². The van der Waals surface area contributed by atoms with Crippen LogP contribution in [-0.2, 0) is 9.59 Å². The second-order valence-electron chi connectivity index (χ2n) is 3.46. The summed E-state index contributed by atoms with van der Waals surface area (Å²) >= 11 is 0. The summed E-state index contributed by atoms with van der Waals surface area (Å²) < 4.78 is 0. The monoisotopic (exact) mass is 219 g/mol. The van der Waals surface area contributed by atoms with Gasteiger partial charge in [-0.3, -0.25) is 14.4 Å². The third-order valence-electron chi connectivity index (χ3n) is 2.43. The molecule has 0 spiro atoms. The van der Waals surface area contributed by atoms with Crippen LogP contribution in [0.5, 0.6) is 0 Å². The first-order valence-corrected chi connectivity index (χ1v) is 4.74. The van der Waals surface area contributed by atoms with Gasteiger partial charge in [0.15, 0.2) is 6.29 Å². The van der Waals surface area contributed by atoms with Crippen molar-refractivity contribution in [2.45, 2.75) is 12.5 Å². The lowest BCUT2D eigenvalue weighted by atomic mass is 10.2. The van der Waals surface area contributed by atoms with Crippen molar-refractivity contribution in [2.75, 3.05) is 4.90 Å². The van der Waals surface area contributed by atoms with Gasteiger partial charge >= 0.3 is 0 Å². The first-order valence-electron chi connectivity index (χ1n) is 4.74. The van der Waals surface area contributed by atoms with E-state index in [9.17, 15) is 19.5 Å². The van der Waals surface area contributed by atoms with E-state index in [-0.39, 0.29) is 17.7 Å². The second kappa shape index (κ2) is 3.86. The molecule has 1 saturated heterocycles. The summed E-state index contributed by atoms with van der Waals surface area (Å²) in [4.78, 5) is 34.6. The fourth-order valence-corrected chi connectivity index (χ4v) is 1.66. The van der Waals surface area contributed by atoms with E-state index >= 15 is 0 Å². The summed E-state index contributed by atoms with van der Waals surface area (Å²) in [5.41, 5.74) is 0.474. The molecule has 0 radical (unpaired) electrons. The highest BCUT2D eigenvalue weighted by molar-refractivity contribution is 6.23. The van der Waals surface area contributed by atoms with Gasteiger partial charge in [0.25, 0.3) is 5.91 Å². The Bertz CT molecular complexity index is 469. The van der Waals surface area contributed by atoms with E-state index in [0.29, 0.717) is 6.29 Å². The molecule has 1 aliphatic rings. The lowest BCUT2D eigenvalue weighted by molar-refractivity contribution is -0.124. The first kappa shape index (κ1) is 10.5. The van der Waals surface area contributed by atoms with Crippen LogP contribution in [0.15, 0.2) is 24.3 Å². The number of aliphatic hydroxyl groups is 1. The molecule has 1 atom stereocenters. The number of carbonyl (C=O) groups is 3. The Hall–Kier alpha value is -2.01. The Kier molecular flexibility index (Phi) is 2.54. The zero-order chi connectivity index (χ0) is 11.7. The number of hydrogen-bond acceptors (Lipinski definition) is 4. The molecule has 2 amide bonds. The number of benzene rings is 1. The van der Waals surface area contributed by atoms with Crippen molar-refractivity contribution in [3.8, 4) is 0 Å². The zero-order valence-electron chi connectivity index (χ0n) is 8.29. The maximum atomic E-state index is 11.5. The van der Waals surface area contributed by atoms with E-state index < -0.39 is 17.9 Å². The van der Waals surface area contributed by atoms with E-state index in [0.717, 1.165) is 4.90 Å². The average Bonchev–Trinajstić information content (AvgIpc) is 2.53. The third kappa shape index (κ3) is 1.51. The van der Waals surface area contributed by atoms with Gasteiger partial charge in [0.2, 0.25) is 5.91 Å². The molecule has 0 aromatic heterocycles. The average molecular weight is 219 g/mol.